The summed E-state index contributed by atoms with van der Waals surface area (Å²) < 4.78 is 10.5. The first kappa shape index (κ1) is 22.3. The number of benzene rings is 2. The number of carbonyl (C=O) groups excluding carboxylic acids is 3. The topological polar surface area (TPSA) is 88.2 Å². The van der Waals surface area contributed by atoms with E-state index in [1.807, 2.05) is 18.2 Å². The third kappa shape index (κ3) is 4.08. The second kappa shape index (κ2) is 9.37. The van der Waals surface area contributed by atoms with Crippen LogP contribution in [-0.2, 0) is 9.53 Å². The molecule has 1 N–H and O–H groups in total. The molecule has 8 heteroatoms. The Labute approximate surface area is 198 Å². The predicted molar refractivity (Wildman–Crippen MR) is 127 cm³/mol. The molecule has 178 valence electrons. The van der Waals surface area contributed by atoms with Crippen LogP contribution < -0.4 is 15.0 Å². The van der Waals surface area contributed by atoms with Crippen molar-refractivity contribution in [3.8, 4) is 5.75 Å². The lowest BCUT2D eigenvalue weighted by Gasteiger charge is -2.34. The van der Waals surface area contributed by atoms with Crippen molar-refractivity contribution < 1.29 is 23.9 Å². The molecule has 2 saturated heterocycles. The standard InChI is InChI=1S/C26H29N3O5/c1-33-23-12-5-3-10-20(23)25(31)29-21-11-4-2-7-17(21)15-22(29)24(30)27-18-8-6-9-19(16-18)28-13-14-34-26(28)32/h3,5-6,8-10,12,16-17,21-22H,2,4,7,11,13-15H2,1H3,(H,27,30). The number of carbonyl (C=O) groups is 3. The summed E-state index contributed by atoms with van der Waals surface area (Å²) >= 11 is 0. The molecule has 2 aromatic carbocycles. The Morgan fingerprint density at radius 2 is 1.91 bits per heavy atom. The number of fused-ring (bicyclic) bond motifs is 1. The molecule has 1 saturated carbocycles. The Morgan fingerprint density at radius 1 is 1.09 bits per heavy atom. The van der Waals surface area contributed by atoms with Crippen LogP contribution in [0.5, 0.6) is 5.75 Å². The van der Waals surface area contributed by atoms with Gasteiger partial charge in [0.15, 0.2) is 0 Å². The zero-order chi connectivity index (χ0) is 23.7. The molecule has 0 radical (unpaired) electrons. The second-order valence-electron chi connectivity index (χ2n) is 9.08. The Bertz CT molecular complexity index is 1100. The number of para-hydroxylation sites is 1. The number of methoxy groups -OCH3 is 1. The van der Waals surface area contributed by atoms with Crippen molar-refractivity contribution in [2.75, 3.05) is 30.5 Å². The molecule has 0 aromatic heterocycles. The van der Waals surface area contributed by atoms with Gasteiger partial charge in [0.05, 0.1) is 19.2 Å². The molecular formula is C26H29N3O5. The molecule has 8 nitrogen and oxygen atoms in total. The van der Waals surface area contributed by atoms with Gasteiger partial charge in [-0.05, 0) is 55.5 Å². The van der Waals surface area contributed by atoms with Crippen LogP contribution in [0.15, 0.2) is 48.5 Å². The molecule has 3 unspecified atom stereocenters. The van der Waals surface area contributed by atoms with Gasteiger partial charge in [0.25, 0.3) is 5.91 Å². The maximum absolute atomic E-state index is 13.7. The van der Waals surface area contributed by atoms with Gasteiger partial charge in [0.2, 0.25) is 5.91 Å². The number of cyclic esters (lactones) is 1. The number of nitrogens with one attached hydrogen (secondary N) is 1. The highest BCUT2D eigenvalue weighted by Gasteiger charge is 2.48. The molecule has 3 atom stereocenters. The van der Waals surface area contributed by atoms with Crippen molar-refractivity contribution in [3.63, 3.8) is 0 Å². The zero-order valence-corrected chi connectivity index (χ0v) is 19.2. The monoisotopic (exact) mass is 463 g/mol. The molecule has 1 aliphatic carbocycles. The van der Waals surface area contributed by atoms with E-state index >= 15 is 0 Å². The highest BCUT2D eigenvalue weighted by atomic mass is 16.6. The number of anilines is 2. The van der Waals surface area contributed by atoms with Gasteiger partial charge >= 0.3 is 6.09 Å². The summed E-state index contributed by atoms with van der Waals surface area (Å²) in [5.41, 5.74) is 1.73. The van der Waals surface area contributed by atoms with Crippen LogP contribution in [0.3, 0.4) is 0 Å². The minimum atomic E-state index is -0.564. The van der Waals surface area contributed by atoms with Crippen LogP contribution in [0.1, 0.15) is 42.5 Å². The molecular weight excluding hydrogens is 434 g/mol. The van der Waals surface area contributed by atoms with Crippen LogP contribution >= 0.6 is 0 Å². The summed E-state index contributed by atoms with van der Waals surface area (Å²) in [6.45, 7) is 0.823. The van der Waals surface area contributed by atoms with Gasteiger partial charge in [-0.25, -0.2) is 4.79 Å². The normalized spacial score (nSPS) is 23.9. The van der Waals surface area contributed by atoms with Crippen molar-refractivity contribution >= 4 is 29.3 Å². The maximum atomic E-state index is 13.7. The highest BCUT2D eigenvalue weighted by Crippen LogP contribution is 2.41. The molecule has 2 heterocycles. The molecule has 3 amide bonds. The summed E-state index contributed by atoms with van der Waals surface area (Å²) in [4.78, 5) is 42.5. The second-order valence-corrected chi connectivity index (χ2v) is 9.08. The smallest absolute Gasteiger partial charge is 0.414 e. The molecule has 0 bridgehead atoms. The quantitative estimate of drug-likeness (QED) is 0.722. The highest BCUT2D eigenvalue weighted by molar-refractivity contribution is 6.03. The minimum Gasteiger partial charge on any atom is -0.496 e. The van der Waals surface area contributed by atoms with E-state index in [9.17, 15) is 14.4 Å². The van der Waals surface area contributed by atoms with E-state index in [1.54, 1.807) is 42.3 Å². The van der Waals surface area contributed by atoms with E-state index in [1.165, 1.54) is 4.90 Å². The van der Waals surface area contributed by atoms with Gasteiger partial charge in [-0.1, -0.05) is 31.0 Å². The van der Waals surface area contributed by atoms with Gasteiger partial charge in [0, 0.05) is 17.4 Å². The van der Waals surface area contributed by atoms with Crippen LogP contribution in [0, 0.1) is 5.92 Å². The SMILES string of the molecule is COc1ccccc1C(=O)N1C(C(=O)Nc2cccc(N3CCOC3=O)c2)CC2CCCCC21. The maximum Gasteiger partial charge on any atom is 0.414 e. The number of rotatable bonds is 5. The molecule has 2 aromatic rings. The Morgan fingerprint density at radius 3 is 2.71 bits per heavy atom. The first-order valence-electron chi connectivity index (χ1n) is 11.9. The van der Waals surface area contributed by atoms with Crippen LogP contribution in [0.2, 0.25) is 0 Å². The summed E-state index contributed by atoms with van der Waals surface area (Å²) in [7, 11) is 1.55. The van der Waals surface area contributed by atoms with E-state index in [2.05, 4.69) is 5.32 Å². The van der Waals surface area contributed by atoms with Gasteiger partial charge < -0.3 is 19.7 Å². The Kier molecular flexibility index (Phi) is 6.13. The van der Waals surface area contributed by atoms with Crippen molar-refractivity contribution in [3.05, 3.63) is 54.1 Å². The van der Waals surface area contributed by atoms with E-state index < -0.39 is 12.1 Å². The van der Waals surface area contributed by atoms with E-state index in [0.717, 1.165) is 25.7 Å². The minimum absolute atomic E-state index is 0.0487. The van der Waals surface area contributed by atoms with Crippen molar-refractivity contribution in [2.45, 2.75) is 44.2 Å². The van der Waals surface area contributed by atoms with Gasteiger partial charge in [0.1, 0.15) is 18.4 Å². The lowest BCUT2D eigenvalue weighted by Crippen LogP contribution is -2.48. The van der Waals surface area contributed by atoms with Gasteiger partial charge in [-0.15, -0.1) is 0 Å². The number of hydrogen-bond acceptors (Lipinski definition) is 5. The summed E-state index contributed by atoms with van der Waals surface area (Å²) in [5, 5.41) is 2.99. The third-order valence-electron chi connectivity index (χ3n) is 7.15. The zero-order valence-electron chi connectivity index (χ0n) is 19.2. The lowest BCUT2D eigenvalue weighted by molar-refractivity contribution is -0.120. The number of amides is 3. The Balaban J connectivity index is 1.40. The average molecular weight is 464 g/mol. The van der Waals surface area contributed by atoms with Crippen LogP contribution in [0.4, 0.5) is 16.2 Å². The lowest BCUT2D eigenvalue weighted by atomic mass is 9.84. The predicted octanol–water partition coefficient (Wildman–Crippen LogP) is 4.06. The third-order valence-corrected chi connectivity index (χ3v) is 7.15. The first-order valence-corrected chi connectivity index (χ1v) is 11.9. The molecule has 3 aliphatic rings. The van der Waals surface area contributed by atoms with E-state index in [-0.39, 0.29) is 17.9 Å². The molecule has 2 aliphatic heterocycles. The number of ether oxygens (including phenoxy) is 2. The summed E-state index contributed by atoms with van der Waals surface area (Å²) in [6, 6.07) is 13.8. The van der Waals surface area contributed by atoms with E-state index in [4.69, 9.17) is 9.47 Å². The van der Waals surface area contributed by atoms with Crippen molar-refractivity contribution in [1.29, 1.82) is 0 Å². The van der Waals surface area contributed by atoms with Crippen LogP contribution in [0.25, 0.3) is 0 Å². The Hall–Kier alpha value is -3.55. The number of nitrogens with zero attached hydrogens (tertiary/aromatic N) is 2. The number of likely N-dealkylation sites (tertiary alicyclic amines) is 1. The molecule has 3 fully saturated rings. The van der Waals surface area contributed by atoms with E-state index in [0.29, 0.717) is 48.2 Å². The fourth-order valence-electron chi connectivity index (χ4n) is 5.55. The summed E-state index contributed by atoms with van der Waals surface area (Å²) in [5.74, 6) is 0.448. The fraction of sp³-hybridized carbons (Fsp3) is 0.423. The first-order chi connectivity index (χ1) is 16.6. The molecule has 5 rings (SSSR count). The largest absolute Gasteiger partial charge is 0.496 e. The molecule has 0 spiro atoms. The fourth-order valence-corrected chi connectivity index (χ4v) is 5.55. The summed E-state index contributed by atoms with van der Waals surface area (Å²) in [6.07, 6.45) is 4.37. The molecule has 34 heavy (non-hydrogen) atoms. The van der Waals surface area contributed by atoms with Gasteiger partial charge in [-0.2, -0.15) is 0 Å². The van der Waals surface area contributed by atoms with Crippen LogP contribution in [-0.4, -0.2) is 55.2 Å². The van der Waals surface area contributed by atoms with Gasteiger partial charge in [-0.3, -0.25) is 14.5 Å². The number of hydrogen-bond donors (Lipinski definition) is 1. The average Bonchev–Trinajstić information content (AvgIpc) is 3.47. The van der Waals surface area contributed by atoms with Crippen molar-refractivity contribution in [1.82, 2.24) is 4.90 Å². The van der Waals surface area contributed by atoms with Crippen molar-refractivity contribution in [2.24, 2.45) is 5.92 Å².